The van der Waals surface area contributed by atoms with Gasteiger partial charge in [0.05, 0.1) is 25.9 Å². The van der Waals surface area contributed by atoms with Crippen molar-refractivity contribution < 1.29 is 114 Å². The molecule has 23 heteroatoms. The predicted octanol–water partition coefficient (Wildman–Crippen LogP) is -1.93. The topological polar surface area (TPSA) is 363 Å². The van der Waals surface area contributed by atoms with Crippen LogP contribution in [0.3, 0.4) is 0 Å². The van der Waals surface area contributed by atoms with E-state index >= 15 is 0 Å². The molecule has 3 aromatic rings. The summed E-state index contributed by atoms with van der Waals surface area (Å²) in [5.74, 6) is -3.08. The standard InChI is InChI=1S/C42H48O23/c1-57-26-8-16(2-5-21(26)45)3-7-30(49)58-14-28-32(51)34(53)37(56)40(63-28)60-15-29-33(52)35(54)39(65-41-36(55)31(50)24(48)13-59-41)42(64-29)62-27-12-19-22(46)10-18(43)11-25(19)61-38(27)17-4-6-20(44)23(47)9-17/h2-12,24,28-29,31-48,50-56H,13-15H2,1H3. The molecule has 0 amide bonds. The molecule has 0 saturated carbocycles. The molecule has 0 aromatic heterocycles. The molecule has 15 unspecified atom stereocenters. The molecule has 3 saturated heterocycles. The molecule has 3 fully saturated rings. The maximum atomic E-state index is 12.5. The molecular formula is C42H48O23. The average Bonchev–Trinajstić information content (AvgIpc) is 3.28. The Morgan fingerprint density at radius 2 is 1.40 bits per heavy atom. The molecule has 0 spiro atoms. The Bertz CT molecular complexity index is 2220. The van der Waals surface area contributed by atoms with E-state index in [1.54, 1.807) is 0 Å². The highest BCUT2D eigenvalue weighted by atomic mass is 16.8. The van der Waals surface area contributed by atoms with Gasteiger partial charge in [0.1, 0.15) is 90.7 Å². The third kappa shape index (κ3) is 10.3. The Labute approximate surface area is 367 Å². The van der Waals surface area contributed by atoms with Gasteiger partial charge in [-0.15, -0.1) is 0 Å². The summed E-state index contributed by atoms with van der Waals surface area (Å²) >= 11 is 0. The largest absolute Gasteiger partial charge is 0.508 e. The Kier molecular flexibility index (Phi) is 14.5. The van der Waals surface area contributed by atoms with Crippen molar-refractivity contribution in [1.29, 1.82) is 0 Å². The zero-order valence-corrected chi connectivity index (χ0v) is 34.0. The Morgan fingerprint density at radius 3 is 2.14 bits per heavy atom. The van der Waals surface area contributed by atoms with Gasteiger partial charge in [-0.2, -0.15) is 0 Å². The number of phenols is 5. The first-order valence-electron chi connectivity index (χ1n) is 19.9. The molecule has 0 bridgehead atoms. The summed E-state index contributed by atoms with van der Waals surface area (Å²) in [6, 6.07) is 10.1. The Hall–Kier alpha value is -5.51. The van der Waals surface area contributed by atoms with Gasteiger partial charge in [0, 0.05) is 23.8 Å². The van der Waals surface area contributed by atoms with E-state index < -0.39 is 135 Å². The lowest BCUT2D eigenvalue weighted by Crippen LogP contribution is -2.64. The Morgan fingerprint density at radius 1 is 0.708 bits per heavy atom. The van der Waals surface area contributed by atoms with E-state index in [4.69, 9.17) is 42.6 Å². The number of rotatable bonds is 13. The van der Waals surface area contributed by atoms with Crippen LogP contribution in [-0.4, -0.2) is 185 Å². The van der Waals surface area contributed by atoms with Gasteiger partial charge in [-0.1, -0.05) is 12.1 Å². The van der Waals surface area contributed by atoms with Crippen molar-refractivity contribution in [1.82, 2.24) is 0 Å². The second-order valence-corrected chi connectivity index (χ2v) is 15.4. The lowest BCUT2D eigenvalue weighted by molar-refractivity contribution is -0.360. The SMILES string of the molecule is COc1cc(C=CC(=O)OCC2OC(OCC3OC(OC4=Cc5c(O)cc(O)cc5OC4c4ccc(O)c(O)c4)C(OC4OCC(O)C(O)C4O)C(O)C3O)C(O)C(O)C2O)ccc1O. The van der Waals surface area contributed by atoms with Crippen LogP contribution in [0.15, 0.2) is 60.4 Å². The second-order valence-electron chi connectivity index (χ2n) is 15.4. The molecule has 4 aliphatic heterocycles. The van der Waals surface area contributed by atoms with Gasteiger partial charge < -0.3 is 109 Å². The minimum absolute atomic E-state index is 0.0209. The van der Waals surface area contributed by atoms with Crippen LogP contribution in [0.25, 0.3) is 12.2 Å². The highest BCUT2D eigenvalue weighted by molar-refractivity contribution is 5.87. The van der Waals surface area contributed by atoms with E-state index in [2.05, 4.69) is 0 Å². The van der Waals surface area contributed by atoms with Crippen molar-refractivity contribution in [3.05, 3.63) is 77.1 Å². The number of aliphatic hydroxyl groups excluding tert-OH is 8. The maximum absolute atomic E-state index is 12.5. The van der Waals surface area contributed by atoms with Gasteiger partial charge in [-0.3, -0.25) is 0 Å². The number of carbonyl (C=O) groups excluding carboxylic acids is 1. The fraction of sp³-hybridized carbons (Fsp3) is 0.452. The predicted molar refractivity (Wildman–Crippen MR) is 213 cm³/mol. The molecule has 3 aromatic carbocycles. The lowest BCUT2D eigenvalue weighted by Gasteiger charge is -2.46. The molecule has 23 nitrogen and oxygen atoms in total. The van der Waals surface area contributed by atoms with Crippen molar-refractivity contribution in [3.8, 4) is 40.2 Å². The number of hydrogen-bond donors (Lipinski definition) is 13. The van der Waals surface area contributed by atoms with Crippen molar-refractivity contribution in [2.75, 3.05) is 26.9 Å². The summed E-state index contributed by atoms with van der Waals surface area (Å²) in [5.41, 5.74) is 0.577. The smallest absolute Gasteiger partial charge is 0.330 e. The fourth-order valence-corrected chi connectivity index (χ4v) is 7.30. The third-order valence-corrected chi connectivity index (χ3v) is 10.9. The van der Waals surface area contributed by atoms with E-state index in [1.165, 1.54) is 49.6 Å². The van der Waals surface area contributed by atoms with Gasteiger partial charge in [0.25, 0.3) is 0 Å². The molecule has 15 atom stereocenters. The third-order valence-electron chi connectivity index (χ3n) is 10.9. The number of benzene rings is 3. The molecular weight excluding hydrogens is 872 g/mol. The van der Waals surface area contributed by atoms with Crippen LogP contribution < -0.4 is 9.47 Å². The van der Waals surface area contributed by atoms with Crippen LogP contribution in [0.4, 0.5) is 0 Å². The van der Waals surface area contributed by atoms with Crippen LogP contribution in [0.2, 0.25) is 0 Å². The molecule has 13 N–H and O–H groups in total. The summed E-state index contributed by atoms with van der Waals surface area (Å²) in [6.07, 6.45) is -22.9. The van der Waals surface area contributed by atoms with Gasteiger partial charge in [0.2, 0.25) is 6.29 Å². The first kappa shape index (κ1) is 47.5. The van der Waals surface area contributed by atoms with Gasteiger partial charge in [-0.05, 0) is 42.0 Å². The van der Waals surface area contributed by atoms with Crippen molar-refractivity contribution in [2.24, 2.45) is 0 Å². The van der Waals surface area contributed by atoms with Gasteiger partial charge in [-0.25, -0.2) is 4.79 Å². The Balaban J connectivity index is 1.10. The van der Waals surface area contributed by atoms with Crippen LogP contribution in [0, 0.1) is 0 Å². The monoisotopic (exact) mass is 920 g/mol. The van der Waals surface area contributed by atoms with E-state index in [9.17, 15) is 71.2 Å². The molecule has 0 aliphatic carbocycles. The fourth-order valence-electron chi connectivity index (χ4n) is 7.30. The summed E-state index contributed by atoms with van der Waals surface area (Å²) in [7, 11) is 1.34. The lowest BCUT2D eigenvalue weighted by atomic mass is 9.97. The van der Waals surface area contributed by atoms with Crippen LogP contribution in [0.1, 0.15) is 22.8 Å². The van der Waals surface area contributed by atoms with Crippen molar-refractivity contribution in [3.63, 3.8) is 0 Å². The maximum Gasteiger partial charge on any atom is 0.330 e. The number of hydrogen-bond acceptors (Lipinski definition) is 23. The number of carbonyl (C=O) groups is 1. The van der Waals surface area contributed by atoms with Crippen molar-refractivity contribution >= 4 is 18.1 Å². The minimum Gasteiger partial charge on any atom is -0.508 e. The summed E-state index contributed by atoms with van der Waals surface area (Å²) in [4.78, 5) is 12.5. The number of ether oxygens (including phenoxy) is 9. The molecule has 354 valence electrons. The van der Waals surface area contributed by atoms with E-state index in [0.717, 1.165) is 24.3 Å². The highest BCUT2D eigenvalue weighted by Gasteiger charge is 2.52. The zero-order chi connectivity index (χ0) is 46.9. The molecule has 7 rings (SSSR count). The van der Waals surface area contributed by atoms with Gasteiger partial charge in [0.15, 0.2) is 47.8 Å². The number of aliphatic hydroxyl groups is 8. The number of phenolic OH excluding ortho intramolecular Hbond substituents is 5. The molecule has 4 aliphatic rings. The van der Waals surface area contributed by atoms with E-state index in [0.29, 0.717) is 5.56 Å². The zero-order valence-electron chi connectivity index (χ0n) is 34.0. The van der Waals surface area contributed by atoms with Crippen LogP contribution >= 0.6 is 0 Å². The number of methoxy groups -OCH3 is 1. The van der Waals surface area contributed by atoms with Crippen molar-refractivity contribution in [2.45, 2.75) is 92.1 Å². The molecule has 65 heavy (non-hydrogen) atoms. The van der Waals surface area contributed by atoms with E-state index in [-0.39, 0.29) is 39.9 Å². The average molecular weight is 921 g/mol. The minimum atomic E-state index is -2.02. The normalized spacial score (nSPS) is 33.7. The van der Waals surface area contributed by atoms with Gasteiger partial charge >= 0.3 is 5.97 Å². The summed E-state index contributed by atoms with van der Waals surface area (Å²) in [5, 5.41) is 137. The number of aromatic hydroxyl groups is 5. The highest BCUT2D eigenvalue weighted by Crippen LogP contribution is 2.46. The number of esters is 1. The summed E-state index contributed by atoms with van der Waals surface area (Å²) < 4.78 is 51.2. The van der Waals surface area contributed by atoms with E-state index in [1.807, 2.05) is 0 Å². The van der Waals surface area contributed by atoms with Crippen LogP contribution in [0.5, 0.6) is 40.2 Å². The quantitative estimate of drug-likeness (QED) is 0.0504. The second kappa shape index (κ2) is 19.9. The first-order chi connectivity index (χ1) is 30.9. The van der Waals surface area contributed by atoms with Crippen LogP contribution in [-0.2, 0) is 38.0 Å². The number of fused-ring (bicyclic) bond motifs is 1. The first-order valence-corrected chi connectivity index (χ1v) is 19.9. The molecule has 0 radical (unpaired) electrons. The molecule has 4 heterocycles. The summed E-state index contributed by atoms with van der Waals surface area (Å²) in [6.45, 7) is -1.94.